The van der Waals surface area contributed by atoms with Gasteiger partial charge in [-0.1, -0.05) is 30.9 Å². The summed E-state index contributed by atoms with van der Waals surface area (Å²) in [4.78, 5) is 0. The van der Waals surface area contributed by atoms with Gasteiger partial charge in [0.25, 0.3) is 0 Å². The molecule has 0 spiro atoms. The van der Waals surface area contributed by atoms with E-state index in [0.717, 1.165) is 22.4 Å². The SMILES string of the molecule is C=C(/C=C/c1ccc(F)cc1)c1ccc(OC)cc1OC. The summed E-state index contributed by atoms with van der Waals surface area (Å²) in [7, 11) is 3.22. The smallest absolute Gasteiger partial charge is 0.130 e. The number of hydrogen-bond acceptors (Lipinski definition) is 2. The summed E-state index contributed by atoms with van der Waals surface area (Å²) in [6.45, 7) is 4.04. The molecule has 2 rings (SSSR count). The fourth-order valence-corrected chi connectivity index (χ4v) is 1.92. The number of methoxy groups -OCH3 is 2. The minimum absolute atomic E-state index is 0.247. The average Bonchev–Trinajstić information content (AvgIpc) is 2.53. The molecule has 0 atom stereocenters. The molecule has 0 aromatic heterocycles. The largest absolute Gasteiger partial charge is 0.497 e. The van der Waals surface area contributed by atoms with E-state index in [4.69, 9.17) is 9.47 Å². The molecule has 0 fully saturated rings. The van der Waals surface area contributed by atoms with Gasteiger partial charge in [-0.05, 0) is 35.4 Å². The molecule has 21 heavy (non-hydrogen) atoms. The molecule has 0 N–H and O–H groups in total. The monoisotopic (exact) mass is 284 g/mol. The van der Waals surface area contributed by atoms with Gasteiger partial charge in [0.1, 0.15) is 17.3 Å². The Morgan fingerprint density at radius 3 is 2.38 bits per heavy atom. The molecule has 0 unspecified atom stereocenters. The van der Waals surface area contributed by atoms with Crippen LogP contribution in [0.1, 0.15) is 11.1 Å². The molecule has 0 heterocycles. The van der Waals surface area contributed by atoms with Crippen LogP contribution < -0.4 is 9.47 Å². The van der Waals surface area contributed by atoms with Crippen molar-refractivity contribution in [3.8, 4) is 11.5 Å². The van der Waals surface area contributed by atoms with Gasteiger partial charge in [-0.3, -0.25) is 0 Å². The van der Waals surface area contributed by atoms with Crippen LogP contribution in [0.15, 0.2) is 55.1 Å². The van der Waals surface area contributed by atoms with E-state index in [0.29, 0.717) is 5.75 Å². The van der Waals surface area contributed by atoms with Crippen molar-refractivity contribution in [1.82, 2.24) is 0 Å². The van der Waals surface area contributed by atoms with E-state index >= 15 is 0 Å². The molecule has 0 aliphatic carbocycles. The van der Waals surface area contributed by atoms with Crippen molar-refractivity contribution < 1.29 is 13.9 Å². The highest BCUT2D eigenvalue weighted by atomic mass is 19.1. The van der Waals surface area contributed by atoms with Crippen LogP contribution in [-0.4, -0.2) is 14.2 Å². The third kappa shape index (κ3) is 3.72. The Kier molecular flexibility index (Phi) is 4.77. The summed E-state index contributed by atoms with van der Waals surface area (Å²) in [5.41, 5.74) is 2.60. The molecule has 0 aliphatic rings. The lowest BCUT2D eigenvalue weighted by atomic mass is 10.0. The predicted octanol–water partition coefficient (Wildman–Crippen LogP) is 4.57. The van der Waals surface area contributed by atoms with Crippen molar-refractivity contribution in [1.29, 1.82) is 0 Å². The van der Waals surface area contributed by atoms with Gasteiger partial charge in [0.2, 0.25) is 0 Å². The van der Waals surface area contributed by atoms with Crippen molar-refractivity contribution >= 4 is 11.6 Å². The van der Waals surface area contributed by atoms with Crippen molar-refractivity contribution in [2.45, 2.75) is 0 Å². The zero-order valence-electron chi connectivity index (χ0n) is 12.1. The van der Waals surface area contributed by atoms with Gasteiger partial charge in [0.05, 0.1) is 14.2 Å². The molecule has 0 bridgehead atoms. The molecular formula is C18H17FO2. The Labute approximate surface area is 124 Å². The van der Waals surface area contributed by atoms with Crippen LogP contribution in [0.3, 0.4) is 0 Å². The second-order valence-electron chi connectivity index (χ2n) is 4.48. The van der Waals surface area contributed by atoms with E-state index in [1.165, 1.54) is 12.1 Å². The molecule has 0 saturated heterocycles. The Morgan fingerprint density at radius 2 is 1.76 bits per heavy atom. The van der Waals surface area contributed by atoms with Crippen LogP contribution in [0.2, 0.25) is 0 Å². The molecule has 2 aromatic rings. The van der Waals surface area contributed by atoms with Gasteiger partial charge in [0.15, 0.2) is 0 Å². The summed E-state index contributed by atoms with van der Waals surface area (Å²) in [6.07, 6.45) is 3.75. The second-order valence-corrected chi connectivity index (χ2v) is 4.48. The van der Waals surface area contributed by atoms with Crippen molar-refractivity contribution in [2.24, 2.45) is 0 Å². The average molecular weight is 284 g/mol. The third-order valence-electron chi connectivity index (χ3n) is 3.10. The van der Waals surface area contributed by atoms with Gasteiger partial charge in [-0.25, -0.2) is 4.39 Å². The molecule has 108 valence electrons. The summed E-state index contributed by atoms with van der Waals surface area (Å²) < 4.78 is 23.4. The quantitative estimate of drug-likeness (QED) is 0.749. The Balaban J connectivity index is 2.22. The van der Waals surface area contributed by atoms with Crippen molar-refractivity contribution in [3.05, 3.63) is 72.1 Å². The van der Waals surface area contributed by atoms with E-state index < -0.39 is 0 Å². The van der Waals surface area contributed by atoms with Crippen LogP contribution >= 0.6 is 0 Å². The molecule has 0 amide bonds. The van der Waals surface area contributed by atoms with E-state index in [1.54, 1.807) is 26.4 Å². The summed E-state index contributed by atoms with van der Waals surface area (Å²) in [5.74, 6) is 1.18. The molecule has 2 aromatic carbocycles. The number of halogens is 1. The second kappa shape index (κ2) is 6.75. The minimum atomic E-state index is -0.247. The number of allylic oxidation sites excluding steroid dienone is 2. The zero-order valence-corrected chi connectivity index (χ0v) is 12.1. The number of rotatable bonds is 5. The van der Waals surface area contributed by atoms with E-state index in [2.05, 4.69) is 6.58 Å². The van der Waals surface area contributed by atoms with Crippen LogP contribution in [0.5, 0.6) is 11.5 Å². The first-order chi connectivity index (χ1) is 10.1. The first-order valence-electron chi connectivity index (χ1n) is 6.49. The fourth-order valence-electron chi connectivity index (χ4n) is 1.92. The predicted molar refractivity (Wildman–Crippen MR) is 84.0 cm³/mol. The standard InChI is InChI=1S/C18H17FO2/c1-13(4-5-14-6-8-15(19)9-7-14)17-11-10-16(20-2)12-18(17)21-3/h4-12H,1H2,2-3H3/b5-4+. The topological polar surface area (TPSA) is 18.5 Å². The lowest BCUT2D eigenvalue weighted by Gasteiger charge is -2.10. The van der Waals surface area contributed by atoms with Crippen LogP contribution in [0.25, 0.3) is 11.6 Å². The van der Waals surface area contributed by atoms with Gasteiger partial charge in [-0.15, -0.1) is 0 Å². The maximum absolute atomic E-state index is 12.9. The summed E-state index contributed by atoms with van der Waals surface area (Å²) in [5, 5.41) is 0. The molecule has 0 radical (unpaired) electrons. The van der Waals surface area contributed by atoms with Gasteiger partial charge in [-0.2, -0.15) is 0 Å². The van der Waals surface area contributed by atoms with E-state index in [-0.39, 0.29) is 5.82 Å². The minimum Gasteiger partial charge on any atom is -0.497 e. The maximum atomic E-state index is 12.9. The zero-order chi connectivity index (χ0) is 15.2. The van der Waals surface area contributed by atoms with E-state index in [1.807, 2.05) is 30.4 Å². The highest BCUT2D eigenvalue weighted by Crippen LogP contribution is 2.30. The number of benzene rings is 2. The van der Waals surface area contributed by atoms with Gasteiger partial charge >= 0.3 is 0 Å². The number of hydrogen-bond donors (Lipinski definition) is 0. The van der Waals surface area contributed by atoms with Gasteiger partial charge < -0.3 is 9.47 Å². The van der Waals surface area contributed by atoms with Crippen LogP contribution in [-0.2, 0) is 0 Å². The molecule has 0 aliphatic heterocycles. The van der Waals surface area contributed by atoms with E-state index in [9.17, 15) is 4.39 Å². The third-order valence-corrected chi connectivity index (χ3v) is 3.10. The lowest BCUT2D eigenvalue weighted by Crippen LogP contribution is -1.91. The maximum Gasteiger partial charge on any atom is 0.130 e. The Morgan fingerprint density at radius 1 is 1.05 bits per heavy atom. The highest BCUT2D eigenvalue weighted by molar-refractivity contribution is 5.80. The molecule has 2 nitrogen and oxygen atoms in total. The summed E-state index contributed by atoms with van der Waals surface area (Å²) >= 11 is 0. The van der Waals surface area contributed by atoms with Gasteiger partial charge in [0, 0.05) is 11.6 Å². The fraction of sp³-hybridized carbons (Fsp3) is 0.111. The van der Waals surface area contributed by atoms with Crippen LogP contribution in [0.4, 0.5) is 4.39 Å². The molecule has 0 saturated carbocycles. The first kappa shape index (κ1) is 14.9. The molecule has 3 heteroatoms. The van der Waals surface area contributed by atoms with Crippen molar-refractivity contribution in [2.75, 3.05) is 14.2 Å². The molecular weight excluding hydrogens is 267 g/mol. The summed E-state index contributed by atoms with van der Waals surface area (Å²) in [6, 6.07) is 11.8. The Bertz CT molecular complexity index is 657. The Hall–Kier alpha value is -2.55. The highest BCUT2D eigenvalue weighted by Gasteiger charge is 2.06. The lowest BCUT2D eigenvalue weighted by molar-refractivity contribution is 0.393. The first-order valence-corrected chi connectivity index (χ1v) is 6.49. The normalized spacial score (nSPS) is 10.6. The van der Waals surface area contributed by atoms with Crippen LogP contribution in [0, 0.1) is 5.82 Å². The van der Waals surface area contributed by atoms with Crippen molar-refractivity contribution in [3.63, 3.8) is 0 Å². The number of ether oxygens (including phenoxy) is 2.